The van der Waals surface area contributed by atoms with Gasteiger partial charge in [0.1, 0.15) is 0 Å². The summed E-state index contributed by atoms with van der Waals surface area (Å²) >= 11 is 0. The second-order valence-electron chi connectivity index (χ2n) is 7.82. The van der Waals surface area contributed by atoms with Crippen LogP contribution < -0.4 is 14.2 Å². The fourth-order valence-electron chi connectivity index (χ4n) is 4.57. The van der Waals surface area contributed by atoms with Crippen LogP contribution in [0.1, 0.15) is 49.4 Å². The molecule has 1 saturated carbocycles. The fraction of sp³-hybridized carbons (Fsp3) is 0.682. The van der Waals surface area contributed by atoms with Crippen molar-refractivity contribution in [2.24, 2.45) is 0 Å². The molecule has 156 valence electrons. The normalized spacial score (nSPS) is 20.6. The van der Waals surface area contributed by atoms with Gasteiger partial charge in [0, 0.05) is 37.8 Å². The first kappa shape index (κ1) is 20.9. The minimum absolute atomic E-state index is 0.0883. The zero-order valence-corrected chi connectivity index (χ0v) is 17.7. The average molecular weight is 391 g/mol. The molecule has 1 aliphatic carbocycles. The average Bonchev–Trinajstić information content (AvgIpc) is 2.77. The van der Waals surface area contributed by atoms with E-state index < -0.39 is 0 Å². The number of benzene rings is 1. The van der Waals surface area contributed by atoms with Gasteiger partial charge < -0.3 is 14.2 Å². The van der Waals surface area contributed by atoms with Gasteiger partial charge in [0.25, 0.3) is 0 Å². The van der Waals surface area contributed by atoms with Crippen LogP contribution in [0.3, 0.4) is 0 Å². The minimum atomic E-state index is -0.170. The lowest BCUT2D eigenvalue weighted by Gasteiger charge is -2.42. The third-order valence-corrected chi connectivity index (χ3v) is 6.32. The largest absolute Gasteiger partial charge is 0.493 e. The number of ether oxygens (including phenoxy) is 3. The van der Waals surface area contributed by atoms with Gasteiger partial charge in [0.2, 0.25) is 5.75 Å². The number of carbonyl (C=O) groups is 1. The molecule has 1 unspecified atom stereocenters. The Bertz CT molecular complexity index is 639. The molecule has 0 aromatic heterocycles. The number of ketones is 1. The highest BCUT2D eigenvalue weighted by molar-refractivity contribution is 6.01. The van der Waals surface area contributed by atoms with Crippen molar-refractivity contribution in [1.29, 1.82) is 0 Å². The molecule has 3 rings (SSSR count). The van der Waals surface area contributed by atoms with E-state index in [4.69, 9.17) is 14.2 Å². The zero-order chi connectivity index (χ0) is 20.1. The molecule has 28 heavy (non-hydrogen) atoms. The lowest BCUT2D eigenvalue weighted by atomic mass is 9.93. The van der Waals surface area contributed by atoms with Gasteiger partial charge in [-0.15, -0.1) is 0 Å². The van der Waals surface area contributed by atoms with E-state index in [1.54, 1.807) is 33.5 Å². The smallest absolute Gasteiger partial charge is 0.203 e. The molecule has 1 saturated heterocycles. The molecule has 2 fully saturated rings. The van der Waals surface area contributed by atoms with Crippen molar-refractivity contribution in [3.63, 3.8) is 0 Å². The maximum absolute atomic E-state index is 13.2. The number of Topliss-reactive ketones (excluding diaryl/α,β-unsaturated/α-hetero) is 1. The van der Waals surface area contributed by atoms with Gasteiger partial charge in [0.15, 0.2) is 17.3 Å². The van der Waals surface area contributed by atoms with Crippen molar-refractivity contribution in [2.75, 3.05) is 47.5 Å². The summed E-state index contributed by atoms with van der Waals surface area (Å²) in [5.41, 5.74) is 0.594. The van der Waals surface area contributed by atoms with Crippen molar-refractivity contribution < 1.29 is 19.0 Å². The van der Waals surface area contributed by atoms with Crippen molar-refractivity contribution in [2.45, 2.75) is 51.1 Å². The van der Waals surface area contributed by atoms with Crippen LogP contribution in [0.25, 0.3) is 0 Å². The molecule has 1 aromatic rings. The van der Waals surface area contributed by atoms with Crippen LogP contribution in [0.4, 0.5) is 0 Å². The maximum atomic E-state index is 13.2. The first-order valence-electron chi connectivity index (χ1n) is 10.4. The molecule has 0 radical (unpaired) electrons. The lowest BCUT2D eigenvalue weighted by Crippen LogP contribution is -2.54. The standard InChI is InChI=1S/C22H34N2O4/c1-16(23-10-12-24(13-11-23)18-8-6-5-7-9-18)21(25)17-14-19(26-2)22(28-4)20(15-17)27-3/h14-16,18H,5-13H2,1-4H3. The summed E-state index contributed by atoms with van der Waals surface area (Å²) in [6, 6.07) is 4.07. The predicted molar refractivity (Wildman–Crippen MR) is 110 cm³/mol. The number of carbonyl (C=O) groups excluding carboxylic acids is 1. The Labute approximate surface area is 168 Å². The van der Waals surface area contributed by atoms with Crippen LogP contribution in [0.15, 0.2) is 12.1 Å². The summed E-state index contributed by atoms with van der Waals surface area (Å²) in [5, 5.41) is 0. The van der Waals surface area contributed by atoms with Gasteiger partial charge in [-0.1, -0.05) is 19.3 Å². The molecule has 0 amide bonds. The van der Waals surface area contributed by atoms with E-state index in [0.717, 1.165) is 32.2 Å². The second-order valence-corrected chi connectivity index (χ2v) is 7.82. The number of methoxy groups -OCH3 is 3. The van der Waals surface area contributed by atoms with Crippen molar-refractivity contribution in [3.05, 3.63) is 17.7 Å². The molecule has 6 heteroatoms. The Kier molecular flexibility index (Phi) is 7.18. The zero-order valence-electron chi connectivity index (χ0n) is 17.7. The maximum Gasteiger partial charge on any atom is 0.203 e. The van der Waals surface area contributed by atoms with E-state index in [0.29, 0.717) is 22.8 Å². The van der Waals surface area contributed by atoms with E-state index >= 15 is 0 Å². The van der Waals surface area contributed by atoms with Crippen LogP contribution in [-0.2, 0) is 0 Å². The predicted octanol–water partition coefficient (Wildman–Crippen LogP) is 3.23. The first-order chi connectivity index (χ1) is 13.6. The minimum Gasteiger partial charge on any atom is -0.493 e. The van der Waals surface area contributed by atoms with E-state index in [2.05, 4.69) is 9.80 Å². The molecule has 1 aliphatic heterocycles. The Morgan fingerprint density at radius 1 is 0.929 bits per heavy atom. The van der Waals surface area contributed by atoms with Gasteiger partial charge in [-0.3, -0.25) is 14.6 Å². The molecule has 1 aromatic carbocycles. The highest BCUT2D eigenvalue weighted by Crippen LogP contribution is 2.38. The summed E-state index contributed by atoms with van der Waals surface area (Å²) in [7, 11) is 4.70. The lowest BCUT2D eigenvalue weighted by molar-refractivity contribution is 0.0523. The molecule has 1 heterocycles. The molecule has 2 aliphatic rings. The Morgan fingerprint density at radius 2 is 1.50 bits per heavy atom. The number of hydrogen-bond acceptors (Lipinski definition) is 6. The number of hydrogen-bond donors (Lipinski definition) is 0. The first-order valence-corrected chi connectivity index (χ1v) is 10.4. The van der Waals surface area contributed by atoms with Crippen molar-refractivity contribution >= 4 is 5.78 Å². The monoisotopic (exact) mass is 390 g/mol. The molecule has 6 nitrogen and oxygen atoms in total. The second kappa shape index (κ2) is 9.61. The van der Waals surface area contributed by atoms with Gasteiger partial charge in [0.05, 0.1) is 27.4 Å². The Balaban J connectivity index is 1.66. The third kappa shape index (κ3) is 4.44. The molecule has 0 N–H and O–H groups in total. The van der Waals surface area contributed by atoms with Crippen molar-refractivity contribution in [3.8, 4) is 17.2 Å². The van der Waals surface area contributed by atoms with E-state index in [1.807, 2.05) is 6.92 Å². The Hall–Kier alpha value is -1.79. The summed E-state index contributed by atoms with van der Waals surface area (Å²) in [6.07, 6.45) is 6.78. The van der Waals surface area contributed by atoms with E-state index in [1.165, 1.54) is 32.1 Å². The van der Waals surface area contributed by atoms with Crippen LogP contribution in [0, 0.1) is 0 Å². The number of nitrogens with zero attached hydrogens (tertiary/aromatic N) is 2. The summed E-state index contributed by atoms with van der Waals surface area (Å²) in [4.78, 5) is 18.1. The third-order valence-electron chi connectivity index (χ3n) is 6.32. The highest BCUT2D eigenvalue weighted by atomic mass is 16.5. The quantitative estimate of drug-likeness (QED) is 0.666. The van der Waals surface area contributed by atoms with E-state index in [-0.39, 0.29) is 11.8 Å². The van der Waals surface area contributed by atoms with Crippen molar-refractivity contribution in [1.82, 2.24) is 9.80 Å². The number of rotatable bonds is 7. The van der Waals surface area contributed by atoms with Gasteiger partial charge in [-0.2, -0.15) is 0 Å². The molecular formula is C22H34N2O4. The topological polar surface area (TPSA) is 51.2 Å². The summed E-state index contributed by atoms with van der Waals surface area (Å²) in [5.74, 6) is 1.62. The fourth-order valence-corrected chi connectivity index (χ4v) is 4.57. The van der Waals surface area contributed by atoms with E-state index in [9.17, 15) is 4.79 Å². The molecule has 1 atom stereocenters. The van der Waals surface area contributed by atoms with Crippen LogP contribution in [0.5, 0.6) is 17.2 Å². The summed E-state index contributed by atoms with van der Waals surface area (Å²) < 4.78 is 16.2. The molecule has 0 spiro atoms. The van der Waals surface area contributed by atoms with Crippen LogP contribution in [0.2, 0.25) is 0 Å². The SMILES string of the molecule is COc1cc(C(=O)C(C)N2CCN(C3CCCCC3)CC2)cc(OC)c1OC. The Morgan fingerprint density at radius 3 is 2.00 bits per heavy atom. The van der Waals surface area contributed by atoms with Gasteiger partial charge >= 0.3 is 0 Å². The number of piperazine rings is 1. The molecule has 0 bridgehead atoms. The van der Waals surface area contributed by atoms with Crippen LogP contribution >= 0.6 is 0 Å². The van der Waals surface area contributed by atoms with Crippen LogP contribution in [-0.4, -0.2) is 75.2 Å². The van der Waals surface area contributed by atoms with Gasteiger partial charge in [-0.05, 0) is 31.9 Å². The highest BCUT2D eigenvalue weighted by Gasteiger charge is 2.30. The summed E-state index contributed by atoms with van der Waals surface area (Å²) in [6.45, 7) is 5.98. The van der Waals surface area contributed by atoms with Gasteiger partial charge in [-0.25, -0.2) is 0 Å². The molecular weight excluding hydrogens is 356 g/mol.